The molecule has 0 saturated heterocycles. The van der Waals surface area contributed by atoms with E-state index in [2.05, 4.69) is 41.5 Å². The Balaban J connectivity index is -0.000000440. The highest BCUT2D eigenvalue weighted by atomic mass is 16.4. The molecule has 0 spiro atoms. The normalized spacial score (nSPS) is 12.8. The van der Waals surface area contributed by atoms with Crippen LogP contribution in [0.1, 0.15) is 318 Å². The summed E-state index contributed by atoms with van der Waals surface area (Å²) >= 11 is 0. The van der Waals surface area contributed by atoms with Crippen LogP contribution in [0.15, 0.2) is 0 Å². The summed E-state index contributed by atoms with van der Waals surface area (Å²) in [5.74, 6) is -0.0895. The average Bonchev–Trinajstić information content (AvgIpc) is 3.33. The molecule has 0 aromatic rings. The summed E-state index contributed by atoms with van der Waals surface area (Å²) < 4.78 is 0. The number of hydrogen-bond donors (Lipinski definition) is 8. The summed E-state index contributed by atoms with van der Waals surface area (Å²) in [6.07, 6.45) is 45.1. The van der Waals surface area contributed by atoms with Crippen LogP contribution in [0.5, 0.6) is 0 Å². The number of carbonyl (C=O) groups is 4. The number of unbranched alkanes of at least 4 members (excludes halogenated alkanes) is 33. The largest absolute Gasteiger partial charge is 0.481 e. The van der Waals surface area contributed by atoms with Crippen molar-refractivity contribution in [3.05, 3.63) is 0 Å². The van der Waals surface area contributed by atoms with Crippen molar-refractivity contribution in [3.8, 4) is 0 Å². The van der Waals surface area contributed by atoms with Gasteiger partial charge in [-0.05, 0) is 43.9 Å². The minimum atomic E-state index is -1.79. The first kappa shape index (κ1) is 77.4. The van der Waals surface area contributed by atoms with Crippen LogP contribution in [-0.4, -0.2) is 95.6 Å². The highest BCUT2D eigenvalue weighted by Crippen LogP contribution is 2.18. The predicted octanol–water partition coefficient (Wildman–Crippen LogP) is 15.6. The molecule has 0 fully saturated rings. The van der Waals surface area contributed by atoms with Crippen molar-refractivity contribution >= 4 is 23.7 Å². The van der Waals surface area contributed by atoms with Gasteiger partial charge in [-0.1, -0.05) is 273 Å². The summed E-state index contributed by atoms with van der Waals surface area (Å²) in [7, 11) is 0. The molecule has 4 atom stereocenters. The number of aliphatic hydroxyl groups is 5. The van der Waals surface area contributed by atoms with Crippen molar-refractivity contribution in [2.75, 3.05) is 6.61 Å². The van der Waals surface area contributed by atoms with E-state index in [4.69, 9.17) is 40.9 Å². The van der Waals surface area contributed by atoms with Crippen LogP contribution in [-0.2, 0) is 19.2 Å². The molecule has 0 unspecified atom stereocenters. The van der Waals surface area contributed by atoms with Crippen molar-refractivity contribution in [1.29, 1.82) is 0 Å². The summed E-state index contributed by atoms with van der Waals surface area (Å²) in [4.78, 5) is 41.5. The fourth-order valence-corrected chi connectivity index (χ4v) is 8.55. The van der Waals surface area contributed by atoms with E-state index in [1.807, 2.05) is 0 Å². The Labute approximate surface area is 449 Å². The number of rotatable bonds is 50. The predicted molar refractivity (Wildman–Crippen MR) is 303 cm³/mol. The second kappa shape index (κ2) is 60.7. The number of Topliss-reactive ketones (excluding diaryl/α,β-unsaturated/α-hetero) is 1. The Morgan fingerprint density at radius 3 is 0.630 bits per heavy atom. The van der Waals surface area contributed by atoms with Crippen LogP contribution in [0.25, 0.3) is 0 Å². The van der Waals surface area contributed by atoms with Gasteiger partial charge in [-0.2, -0.15) is 0 Å². The first-order valence-electron chi connectivity index (χ1n) is 30.3. The van der Waals surface area contributed by atoms with Crippen molar-refractivity contribution in [3.63, 3.8) is 0 Å². The Morgan fingerprint density at radius 1 is 0.301 bits per heavy atom. The summed E-state index contributed by atoms with van der Waals surface area (Å²) in [6, 6.07) is 0. The molecule has 0 bridgehead atoms. The van der Waals surface area contributed by atoms with E-state index >= 15 is 0 Å². The highest BCUT2D eigenvalue weighted by Gasteiger charge is 2.32. The number of carboxylic acids is 3. The first-order chi connectivity index (χ1) is 34.8. The summed E-state index contributed by atoms with van der Waals surface area (Å²) in [6.45, 7) is 14.1. The van der Waals surface area contributed by atoms with E-state index in [1.54, 1.807) is 0 Å². The van der Waals surface area contributed by atoms with Crippen LogP contribution in [0.2, 0.25) is 0 Å². The topological polar surface area (TPSA) is 230 Å². The number of ketones is 1. The molecule has 0 aliphatic rings. The number of carbonyl (C=O) groups excluding carboxylic acids is 1. The van der Waals surface area contributed by atoms with Crippen LogP contribution >= 0.6 is 0 Å². The lowest BCUT2D eigenvalue weighted by Crippen LogP contribution is -2.48. The van der Waals surface area contributed by atoms with E-state index in [9.17, 15) is 19.2 Å². The van der Waals surface area contributed by atoms with Gasteiger partial charge in [-0.25, -0.2) is 0 Å². The lowest BCUT2D eigenvalue weighted by molar-refractivity contribution is -0.145. The van der Waals surface area contributed by atoms with E-state index in [0.717, 1.165) is 63.2 Å². The van der Waals surface area contributed by atoms with Crippen LogP contribution < -0.4 is 0 Å². The molecule has 73 heavy (non-hydrogen) atoms. The molecular formula is C61H122O12. The van der Waals surface area contributed by atoms with Crippen LogP contribution in [0, 0.1) is 17.8 Å². The molecule has 0 aromatic carbocycles. The molecule has 0 aromatic heterocycles. The van der Waals surface area contributed by atoms with Gasteiger partial charge in [0.15, 0.2) is 5.78 Å². The summed E-state index contributed by atoms with van der Waals surface area (Å²) in [5, 5.41) is 69.8. The van der Waals surface area contributed by atoms with Crippen molar-refractivity contribution in [2.24, 2.45) is 17.8 Å². The van der Waals surface area contributed by atoms with Gasteiger partial charge in [-0.3, -0.25) is 19.2 Å². The maximum Gasteiger partial charge on any atom is 0.303 e. The zero-order valence-corrected chi connectivity index (χ0v) is 48.7. The average molecular weight is 1050 g/mol. The molecule has 0 radical (unpaired) electrons. The molecule has 438 valence electrons. The lowest BCUT2D eigenvalue weighted by atomic mass is 10.0. The van der Waals surface area contributed by atoms with Gasteiger partial charge in [0.05, 0.1) is 6.61 Å². The van der Waals surface area contributed by atoms with Gasteiger partial charge >= 0.3 is 17.9 Å². The third-order valence-corrected chi connectivity index (χ3v) is 13.4. The lowest BCUT2D eigenvalue weighted by Gasteiger charge is -2.23. The zero-order valence-electron chi connectivity index (χ0n) is 48.7. The Morgan fingerprint density at radius 2 is 0.479 bits per heavy atom. The van der Waals surface area contributed by atoms with Crippen molar-refractivity contribution < 1.29 is 60.0 Å². The van der Waals surface area contributed by atoms with Crippen LogP contribution in [0.3, 0.4) is 0 Å². The minimum absolute atomic E-state index is 0.344. The second-order valence-electron chi connectivity index (χ2n) is 22.5. The van der Waals surface area contributed by atoms with Gasteiger partial charge in [0, 0.05) is 19.3 Å². The molecule has 0 rings (SSSR count). The maximum atomic E-state index is 10.5. The number of carboxylic acid groups (broad SMARTS) is 3. The monoisotopic (exact) mass is 1050 g/mol. The minimum Gasteiger partial charge on any atom is -0.481 e. The number of aliphatic hydroxyl groups excluding tert-OH is 5. The van der Waals surface area contributed by atoms with Gasteiger partial charge in [0.1, 0.15) is 24.4 Å². The SMILES string of the molecule is CC(=O)[C@H](O)[C@@H](O)[C@H](O)[C@H](O)CO.CC(C)CCCCCCCCCCCCCCC(=O)O.CC(C)CCCCCCCCCCCCCCC(=O)O.CC(C)CCCCCCCCCCCCCCC(=O)O. The van der Waals surface area contributed by atoms with E-state index in [1.165, 1.54) is 212 Å². The molecule has 0 amide bonds. The molecule has 12 heteroatoms. The fourth-order valence-electron chi connectivity index (χ4n) is 8.55. The highest BCUT2D eigenvalue weighted by molar-refractivity contribution is 5.80. The molecule has 0 saturated carbocycles. The molecule has 12 nitrogen and oxygen atoms in total. The first-order valence-corrected chi connectivity index (χ1v) is 30.3. The number of hydrogen-bond acceptors (Lipinski definition) is 9. The zero-order chi connectivity index (χ0) is 55.8. The van der Waals surface area contributed by atoms with Gasteiger partial charge in [0.25, 0.3) is 0 Å². The Kier molecular flexibility index (Phi) is 64.4. The van der Waals surface area contributed by atoms with Gasteiger partial charge < -0.3 is 40.9 Å². The van der Waals surface area contributed by atoms with Crippen LogP contribution in [0.4, 0.5) is 0 Å². The molecule has 0 heterocycles. The molecule has 8 N–H and O–H groups in total. The summed E-state index contributed by atoms with van der Waals surface area (Å²) in [5.41, 5.74) is 0. The molecule has 0 aliphatic carbocycles. The molecular weight excluding hydrogens is 925 g/mol. The smallest absolute Gasteiger partial charge is 0.303 e. The van der Waals surface area contributed by atoms with Gasteiger partial charge in [-0.15, -0.1) is 0 Å². The second-order valence-corrected chi connectivity index (χ2v) is 22.5. The quantitative estimate of drug-likeness (QED) is 0.0266. The van der Waals surface area contributed by atoms with Gasteiger partial charge in [0.2, 0.25) is 0 Å². The Hall–Kier alpha value is -2.12. The van der Waals surface area contributed by atoms with E-state index in [0.29, 0.717) is 19.3 Å². The third-order valence-electron chi connectivity index (χ3n) is 13.4. The Bertz CT molecular complexity index is 1050. The maximum absolute atomic E-state index is 10.5. The molecule has 0 aliphatic heterocycles. The van der Waals surface area contributed by atoms with Crippen molar-refractivity contribution in [1.82, 2.24) is 0 Å². The van der Waals surface area contributed by atoms with Crippen molar-refractivity contribution in [2.45, 2.75) is 343 Å². The third kappa shape index (κ3) is 72.0. The number of aliphatic carboxylic acids is 3. The van der Waals surface area contributed by atoms with E-state index in [-0.39, 0.29) is 0 Å². The fraction of sp³-hybridized carbons (Fsp3) is 0.934. The standard InChI is InChI=1S/3C18H36O2.C7H14O6/c3*1-17(2)15-13-11-9-7-5-3-4-6-8-10-12-14-16-18(19)20;1-3(9)5(11)7(13)6(12)4(10)2-8/h3*17H,3-16H2,1-2H3,(H,19,20);4-8,10-13H,2H2,1H3/t;;;4-,5+,6-,7-/m...1/s1. The van der Waals surface area contributed by atoms with E-state index < -0.39 is 54.7 Å².